The minimum atomic E-state index is -0.247. The third kappa shape index (κ3) is 4.42. The first-order chi connectivity index (χ1) is 9.12. The summed E-state index contributed by atoms with van der Waals surface area (Å²) >= 11 is 0. The highest BCUT2D eigenvalue weighted by atomic mass is 16.7. The van der Waals surface area contributed by atoms with Gasteiger partial charge in [-0.25, -0.2) is 5.06 Å². The number of carbonyl (C=O) groups is 1. The second kappa shape index (κ2) is 7.60. The van der Waals surface area contributed by atoms with E-state index < -0.39 is 0 Å². The Morgan fingerprint density at radius 3 is 2.42 bits per heavy atom. The van der Waals surface area contributed by atoms with Gasteiger partial charge in [0.15, 0.2) is 11.5 Å². The largest absolute Gasteiger partial charge is 0.493 e. The number of ether oxygens (including phenoxy) is 3. The molecule has 19 heavy (non-hydrogen) atoms. The second-order valence-electron chi connectivity index (χ2n) is 3.76. The molecule has 0 saturated heterocycles. The van der Waals surface area contributed by atoms with Crippen molar-refractivity contribution in [2.45, 2.75) is 6.61 Å². The predicted octanol–water partition coefficient (Wildman–Crippen LogP) is 1.24. The predicted molar refractivity (Wildman–Crippen MR) is 69.0 cm³/mol. The zero-order chi connectivity index (χ0) is 14.3. The van der Waals surface area contributed by atoms with E-state index in [9.17, 15) is 4.79 Å². The van der Waals surface area contributed by atoms with E-state index in [1.807, 2.05) is 12.1 Å². The van der Waals surface area contributed by atoms with Crippen LogP contribution in [-0.2, 0) is 21.0 Å². The lowest BCUT2D eigenvalue weighted by Crippen LogP contribution is -2.29. The van der Waals surface area contributed by atoms with Gasteiger partial charge in [-0.15, -0.1) is 0 Å². The van der Waals surface area contributed by atoms with E-state index in [0.29, 0.717) is 18.1 Å². The zero-order valence-electron chi connectivity index (χ0n) is 11.6. The molecule has 6 heteroatoms. The molecule has 0 aliphatic carbocycles. The molecular formula is C13H19NO5. The van der Waals surface area contributed by atoms with Crippen LogP contribution in [0.25, 0.3) is 0 Å². The first kappa shape index (κ1) is 15.3. The molecule has 1 amide bonds. The highest BCUT2D eigenvalue weighted by molar-refractivity contribution is 5.76. The van der Waals surface area contributed by atoms with Crippen LogP contribution in [0.4, 0.5) is 0 Å². The topological polar surface area (TPSA) is 57.2 Å². The molecule has 0 aliphatic rings. The number of carbonyl (C=O) groups excluding carboxylic acids is 1. The number of nitrogens with zero attached hydrogens (tertiary/aromatic N) is 1. The average molecular weight is 269 g/mol. The van der Waals surface area contributed by atoms with E-state index in [1.54, 1.807) is 20.3 Å². The first-order valence-corrected chi connectivity index (χ1v) is 5.71. The van der Waals surface area contributed by atoms with Gasteiger partial charge in [-0.1, -0.05) is 6.07 Å². The highest BCUT2D eigenvalue weighted by Gasteiger charge is 2.09. The van der Waals surface area contributed by atoms with Gasteiger partial charge >= 0.3 is 0 Å². The number of benzene rings is 1. The van der Waals surface area contributed by atoms with Gasteiger partial charge < -0.3 is 14.2 Å². The quantitative estimate of drug-likeness (QED) is 0.697. The Balaban J connectivity index is 2.52. The number of methoxy groups -OCH3 is 2. The summed E-state index contributed by atoms with van der Waals surface area (Å²) in [4.78, 5) is 16.2. The van der Waals surface area contributed by atoms with E-state index in [-0.39, 0.29) is 12.5 Å². The Kier molecular flexibility index (Phi) is 6.11. The lowest BCUT2D eigenvalue weighted by atomic mass is 10.2. The van der Waals surface area contributed by atoms with E-state index in [2.05, 4.69) is 0 Å². The van der Waals surface area contributed by atoms with Crippen molar-refractivity contribution in [2.75, 3.05) is 35.0 Å². The van der Waals surface area contributed by atoms with Crippen LogP contribution >= 0.6 is 0 Å². The number of amides is 1. The van der Waals surface area contributed by atoms with E-state index in [0.717, 1.165) is 10.6 Å². The van der Waals surface area contributed by atoms with Gasteiger partial charge in [-0.2, -0.15) is 0 Å². The Morgan fingerprint density at radius 1 is 1.16 bits per heavy atom. The molecule has 0 aliphatic heterocycles. The van der Waals surface area contributed by atoms with Crippen molar-refractivity contribution < 1.29 is 23.8 Å². The summed E-state index contributed by atoms with van der Waals surface area (Å²) in [5.41, 5.74) is 0.894. The molecule has 0 radical (unpaired) electrons. The van der Waals surface area contributed by atoms with Gasteiger partial charge in [0.25, 0.3) is 5.91 Å². The molecular weight excluding hydrogens is 250 g/mol. The van der Waals surface area contributed by atoms with Gasteiger partial charge in [0.2, 0.25) is 0 Å². The molecule has 0 N–H and O–H groups in total. The van der Waals surface area contributed by atoms with Crippen LogP contribution in [0.2, 0.25) is 0 Å². The Labute approximate surface area is 112 Å². The van der Waals surface area contributed by atoms with Crippen LogP contribution in [0.5, 0.6) is 11.5 Å². The highest BCUT2D eigenvalue weighted by Crippen LogP contribution is 2.27. The lowest BCUT2D eigenvalue weighted by Gasteiger charge is -2.14. The Morgan fingerprint density at radius 2 is 1.84 bits per heavy atom. The molecule has 6 nitrogen and oxygen atoms in total. The maximum absolute atomic E-state index is 11.4. The number of hydrogen-bond donors (Lipinski definition) is 0. The van der Waals surface area contributed by atoms with Gasteiger partial charge in [-0.3, -0.25) is 9.63 Å². The van der Waals surface area contributed by atoms with Crippen molar-refractivity contribution in [3.05, 3.63) is 23.8 Å². The summed E-state index contributed by atoms with van der Waals surface area (Å²) in [7, 11) is 6.10. The molecule has 1 aromatic rings. The SMILES string of the molecule is COc1ccc(COCC(=O)N(C)OC)cc1OC. The van der Waals surface area contributed by atoms with Crippen molar-refractivity contribution in [1.82, 2.24) is 5.06 Å². The molecule has 0 spiro atoms. The van der Waals surface area contributed by atoms with Crippen molar-refractivity contribution in [2.24, 2.45) is 0 Å². The van der Waals surface area contributed by atoms with Crippen LogP contribution < -0.4 is 9.47 Å². The van der Waals surface area contributed by atoms with Gasteiger partial charge in [0.05, 0.1) is 27.9 Å². The van der Waals surface area contributed by atoms with Crippen LogP contribution in [0.15, 0.2) is 18.2 Å². The van der Waals surface area contributed by atoms with Gasteiger partial charge in [-0.05, 0) is 17.7 Å². The van der Waals surface area contributed by atoms with Gasteiger partial charge in [0, 0.05) is 7.05 Å². The van der Waals surface area contributed by atoms with E-state index >= 15 is 0 Å². The van der Waals surface area contributed by atoms with E-state index in [1.165, 1.54) is 14.2 Å². The number of hydrogen-bond acceptors (Lipinski definition) is 5. The maximum Gasteiger partial charge on any atom is 0.271 e. The third-order valence-corrected chi connectivity index (χ3v) is 2.57. The number of hydroxylamine groups is 2. The summed E-state index contributed by atoms with van der Waals surface area (Å²) in [5.74, 6) is 1.04. The van der Waals surface area contributed by atoms with Gasteiger partial charge in [0.1, 0.15) is 6.61 Å². The van der Waals surface area contributed by atoms with Crippen molar-refractivity contribution in [1.29, 1.82) is 0 Å². The van der Waals surface area contributed by atoms with Crippen LogP contribution in [0.3, 0.4) is 0 Å². The van der Waals surface area contributed by atoms with Crippen LogP contribution in [0.1, 0.15) is 5.56 Å². The molecule has 0 unspecified atom stereocenters. The van der Waals surface area contributed by atoms with Crippen LogP contribution in [-0.4, -0.2) is 46.0 Å². The standard InChI is InChI=1S/C13H19NO5/c1-14(18-4)13(15)9-19-8-10-5-6-11(16-2)12(7-10)17-3/h5-7H,8-9H2,1-4H3. The zero-order valence-corrected chi connectivity index (χ0v) is 11.6. The average Bonchev–Trinajstić information content (AvgIpc) is 2.45. The molecule has 0 bridgehead atoms. The first-order valence-electron chi connectivity index (χ1n) is 5.71. The lowest BCUT2D eigenvalue weighted by molar-refractivity contribution is -0.173. The van der Waals surface area contributed by atoms with Crippen molar-refractivity contribution in [3.63, 3.8) is 0 Å². The molecule has 1 rings (SSSR count). The Hall–Kier alpha value is -1.79. The fraction of sp³-hybridized carbons (Fsp3) is 0.462. The van der Waals surface area contributed by atoms with E-state index in [4.69, 9.17) is 19.0 Å². The smallest absolute Gasteiger partial charge is 0.271 e. The molecule has 106 valence electrons. The minimum absolute atomic E-state index is 0.0430. The molecule has 0 aromatic heterocycles. The molecule has 0 fully saturated rings. The third-order valence-electron chi connectivity index (χ3n) is 2.57. The summed E-state index contributed by atoms with van der Waals surface area (Å²) in [5, 5.41) is 1.12. The molecule has 0 atom stereocenters. The maximum atomic E-state index is 11.4. The normalized spacial score (nSPS) is 10.1. The Bertz CT molecular complexity index is 421. The minimum Gasteiger partial charge on any atom is -0.493 e. The summed E-state index contributed by atoms with van der Waals surface area (Å²) in [6.45, 7) is 0.266. The second-order valence-corrected chi connectivity index (χ2v) is 3.76. The summed E-state index contributed by atoms with van der Waals surface area (Å²) in [6, 6.07) is 5.45. The van der Waals surface area contributed by atoms with Crippen molar-refractivity contribution >= 4 is 5.91 Å². The molecule has 1 aromatic carbocycles. The summed E-state index contributed by atoms with van der Waals surface area (Å²) in [6.07, 6.45) is 0. The molecule has 0 heterocycles. The molecule has 0 saturated carbocycles. The number of likely N-dealkylation sites (N-methyl/N-ethyl adjacent to an activating group) is 1. The monoisotopic (exact) mass is 269 g/mol. The fourth-order valence-electron chi connectivity index (χ4n) is 1.42. The number of rotatable bonds is 7. The van der Waals surface area contributed by atoms with Crippen molar-refractivity contribution in [3.8, 4) is 11.5 Å². The fourth-order valence-corrected chi connectivity index (χ4v) is 1.42. The van der Waals surface area contributed by atoms with Crippen LogP contribution in [0, 0.1) is 0 Å². The summed E-state index contributed by atoms with van der Waals surface area (Å²) < 4.78 is 15.6.